The van der Waals surface area contributed by atoms with E-state index in [2.05, 4.69) is 24.1 Å². The van der Waals surface area contributed by atoms with E-state index in [1.165, 1.54) is 0 Å². The van der Waals surface area contributed by atoms with Crippen LogP contribution in [-0.4, -0.2) is 51.5 Å². The Hall–Kier alpha value is -1.17. The predicted octanol–water partition coefficient (Wildman–Crippen LogP) is 1.68. The van der Waals surface area contributed by atoms with Crippen LogP contribution in [0, 0.1) is 0 Å². The first-order valence-corrected chi connectivity index (χ1v) is 7.09. The van der Waals surface area contributed by atoms with E-state index in [1.54, 1.807) is 14.2 Å². The molecule has 114 valence electrons. The van der Waals surface area contributed by atoms with Crippen molar-refractivity contribution in [1.82, 2.24) is 10.3 Å². The zero-order chi connectivity index (χ0) is 14.8. The van der Waals surface area contributed by atoms with Crippen molar-refractivity contribution in [2.45, 2.75) is 26.4 Å². The maximum atomic E-state index is 5.16. The van der Waals surface area contributed by atoms with Crippen molar-refractivity contribution < 1.29 is 9.47 Å². The highest BCUT2D eigenvalue weighted by atomic mass is 16.5. The minimum Gasteiger partial charge on any atom is -0.383 e. The molecule has 20 heavy (non-hydrogen) atoms. The molecule has 1 aromatic rings. The van der Waals surface area contributed by atoms with Crippen LogP contribution in [0.5, 0.6) is 0 Å². The Morgan fingerprint density at radius 1 is 1.15 bits per heavy atom. The summed E-state index contributed by atoms with van der Waals surface area (Å²) >= 11 is 0. The second kappa shape index (κ2) is 9.69. The van der Waals surface area contributed by atoms with E-state index in [0.717, 1.165) is 31.1 Å². The molecule has 0 atom stereocenters. The van der Waals surface area contributed by atoms with Gasteiger partial charge in [-0.3, -0.25) is 0 Å². The smallest absolute Gasteiger partial charge is 0.129 e. The maximum absolute atomic E-state index is 5.16. The minimum absolute atomic E-state index is 0.457. The first-order chi connectivity index (χ1) is 9.67. The molecule has 0 radical (unpaired) electrons. The van der Waals surface area contributed by atoms with Gasteiger partial charge in [-0.05, 0) is 12.1 Å². The number of ether oxygens (including phenoxy) is 2. The standard InChI is InChI=1S/C15H27N3O2/c1-13(2)16-12-14-6-5-7-15(17-14)18(8-10-19-3)9-11-20-4/h5-7,13,16H,8-12H2,1-4H3. The summed E-state index contributed by atoms with van der Waals surface area (Å²) in [6.07, 6.45) is 0. The average molecular weight is 281 g/mol. The van der Waals surface area contributed by atoms with Gasteiger partial charge in [0.25, 0.3) is 0 Å². The molecule has 5 heteroatoms. The molecule has 1 heterocycles. The Labute approximate surface area is 122 Å². The van der Waals surface area contributed by atoms with Crippen LogP contribution in [0.2, 0.25) is 0 Å². The van der Waals surface area contributed by atoms with Gasteiger partial charge in [-0.25, -0.2) is 4.98 Å². The number of methoxy groups -OCH3 is 2. The molecule has 0 aromatic carbocycles. The molecular weight excluding hydrogens is 254 g/mol. The van der Waals surface area contributed by atoms with Crippen molar-refractivity contribution in [3.05, 3.63) is 23.9 Å². The van der Waals surface area contributed by atoms with E-state index in [0.29, 0.717) is 19.3 Å². The Kier molecular flexibility index (Phi) is 8.18. The molecule has 0 amide bonds. The van der Waals surface area contributed by atoms with Gasteiger partial charge in [0.1, 0.15) is 5.82 Å². The van der Waals surface area contributed by atoms with E-state index in [9.17, 15) is 0 Å². The normalized spacial score (nSPS) is 11.1. The summed E-state index contributed by atoms with van der Waals surface area (Å²) in [4.78, 5) is 6.89. The summed E-state index contributed by atoms with van der Waals surface area (Å²) in [6.45, 7) is 8.04. The van der Waals surface area contributed by atoms with Crippen LogP contribution >= 0.6 is 0 Å². The molecule has 0 unspecified atom stereocenters. The van der Waals surface area contributed by atoms with Gasteiger partial charge in [0, 0.05) is 39.9 Å². The van der Waals surface area contributed by atoms with Gasteiger partial charge in [0.15, 0.2) is 0 Å². The fourth-order valence-corrected chi connectivity index (χ4v) is 1.79. The van der Waals surface area contributed by atoms with Gasteiger partial charge in [0.2, 0.25) is 0 Å². The van der Waals surface area contributed by atoms with Crippen LogP contribution in [0.25, 0.3) is 0 Å². The highest BCUT2D eigenvalue weighted by molar-refractivity contribution is 5.39. The first kappa shape index (κ1) is 16.9. The van der Waals surface area contributed by atoms with Crippen LogP contribution in [-0.2, 0) is 16.0 Å². The van der Waals surface area contributed by atoms with Crippen molar-refractivity contribution in [3.63, 3.8) is 0 Å². The fourth-order valence-electron chi connectivity index (χ4n) is 1.79. The molecular formula is C15H27N3O2. The topological polar surface area (TPSA) is 46.6 Å². The lowest BCUT2D eigenvalue weighted by Crippen LogP contribution is -2.31. The Morgan fingerprint density at radius 2 is 1.80 bits per heavy atom. The number of anilines is 1. The molecule has 0 fully saturated rings. The Morgan fingerprint density at radius 3 is 2.35 bits per heavy atom. The third-order valence-electron chi connectivity index (χ3n) is 2.94. The van der Waals surface area contributed by atoms with Crippen molar-refractivity contribution in [1.29, 1.82) is 0 Å². The van der Waals surface area contributed by atoms with E-state index in [-0.39, 0.29) is 0 Å². The van der Waals surface area contributed by atoms with Crippen LogP contribution in [0.3, 0.4) is 0 Å². The summed E-state index contributed by atoms with van der Waals surface area (Å²) in [5.41, 5.74) is 1.05. The van der Waals surface area contributed by atoms with Gasteiger partial charge in [-0.2, -0.15) is 0 Å². The highest BCUT2D eigenvalue weighted by Gasteiger charge is 2.08. The minimum atomic E-state index is 0.457. The third kappa shape index (κ3) is 6.32. The van der Waals surface area contributed by atoms with Gasteiger partial charge in [-0.1, -0.05) is 19.9 Å². The predicted molar refractivity (Wildman–Crippen MR) is 82.2 cm³/mol. The quantitative estimate of drug-likeness (QED) is 0.707. The summed E-state index contributed by atoms with van der Waals surface area (Å²) in [6, 6.07) is 6.58. The second-order valence-electron chi connectivity index (χ2n) is 5.00. The van der Waals surface area contributed by atoms with E-state index >= 15 is 0 Å². The monoisotopic (exact) mass is 281 g/mol. The summed E-state index contributed by atoms with van der Waals surface area (Å²) in [5, 5.41) is 3.38. The van der Waals surface area contributed by atoms with Crippen molar-refractivity contribution >= 4 is 5.82 Å². The van der Waals surface area contributed by atoms with E-state index in [4.69, 9.17) is 14.5 Å². The number of pyridine rings is 1. The number of rotatable bonds is 10. The third-order valence-corrected chi connectivity index (χ3v) is 2.94. The Bertz CT molecular complexity index is 364. The van der Waals surface area contributed by atoms with Crippen LogP contribution in [0.15, 0.2) is 18.2 Å². The van der Waals surface area contributed by atoms with Crippen molar-refractivity contribution in [3.8, 4) is 0 Å². The molecule has 0 saturated carbocycles. The number of hydrogen-bond acceptors (Lipinski definition) is 5. The summed E-state index contributed by atoms with van der Waals surface area (Å²) in [5.74, 6) is 0.974. The molecule has 0 spiro atoms. The van der Waals surface area contributed by atoms with E-state index < -0.39 is 0 Å². The van der Waals surface area contributed by atoms with Crippen molar-refractivity contribution in [2.75, 3.05) is 45.4 Å². The average Bonchev–Trinajstić information content (AvgIpc) is 2.45. The molecule has 1 aromatic heterocycles. The molecule has 0 aliphatic carbocycles. The number of aromatic nitrogens is 1. The fraction of sp³-hybridized carbons (Fsp3) is 0.667. The number of nitrogens with zero attached hydrogens (tertiary/aromatic N) is 2. The lowest BCUT2D eigenvalue weighted by atomic mass is 10.3. The second-order valence-corrected chi connectivity index (χ2v) is 5.00. The number of hydrogen-bond donors (Lipinski definition) is 1. The van der Waals surface area contributed by atoms with Crippen LogP contribution < -0.4 is 10.2 Å². The van der Waals surface area contributed by atoms with Crippen LogP contribution in [0.4, 0.5) is 5.82 Å². The molecule has 0 bridgehead atoms. The first-order valence-electron chi connectivity index (χ1n) is 7.09. The highest BCUT2D eigenvalue weighted by Crippen LogP contribution is 2.11. The maximum Gasteiger partial charge on any atom is 0.129 e. The van der Waals surface area contributed by atoms with Gasteiger partial charge < -0.3 is 19.7 Å². The molecule has 1 rings (SSSR count). The Balaban J connectivity index is 2.70. The zero-order valence-corrected chi connectivity index (χ0v) is 13.1. The van der Waals surface area contributed by atoms with Gasteiger partial charge in [-0.15, -0.1) is 0 Å². The molecule has 0 aliphatic rings. The largest absolute Gasteiger partial charge is 0.383 e. The zero-order valence-electron chi connectivity index (χ0n) is 13.1. The molecule has 1 N–H and O–H groups in total. The summed E-state index contributed by atoms with van der Waals surface area (Å²) in [7, 11) is 3.43. The molecule has 0 saturated heterocycles. The number of nitrogens with one attached hydrogen (secondary N) is 1. The molecule has 0 aliphatic heterocycles. The molecule has 5 nitrogen and oxygen atoms in total. The van der Waals surface area contributed by atoms with E-state index in [1.807, 2.05) is 18.2 Å². The SMILES string of the molecule is COCCN(CCOC)c1cccc(CNC(C)C)n1. The van der Waals surface area contributed by atoms with Crippen molar-refractivity contribution in [2.24, 2.45) is 0 Å². The lowest BCUT2D eigenvalue weighted by molar-refractivity contribution is 0.190. The van der Waals surface area contributed by atoms with Crippen LogP contribution in [0.1, 0.15) is 19.5 Å². The van der Waals surface area contributed by atoms with Gasteiger partial charge >= 0.3 is 0 Å². The van der Waals surface area contributed by atoms with Gasteiger partial charge in [0.05, 0.1) is 18.9 Å². The summed E-state index contributed by atoms with van der Waals surface area (Å²) < 4.78 is 10.3. The lowest BCUT2D eigenvalue weighted by Gasteiger charge is -2.23.